The average molecular weight is 503 g/mol. The Morgan fingerprint density at radius 1 is 0.811 bits per heavy atom. The molecule has 0 saturated carbocycles. The van der Waals surface area contributed by atoms with Crippen molar-refractivity contribution < 1.29 is 9.53 Å². The van der Waals surface area contributed by atoms with Crippen LogP contribution >= 0.6 is 0 Å². The summed E-state index contributed by atoms with van der Waals surface area (Å²) < 4.78 is 6.43. The molecule has 0 unspecified atom stereocenters. The lowest BCUT2D eigenvalue weighted by Gasteiger charge is -2.46. The summed E-state index contributed by atoms with van der Waals surface area (Å²) in [6.07, 6.45) is 0. The van der Waals surface area contributed by atoms with Crippen molar-refractivity contribution in [2.75, 3.05) is 36.0 Å². The highest BCUT2D eigenvalue weighted by Crippen LogP contribution is 2.49. The molecular formula is C30H26N4O2Si. The minimum Gasteiger partial charge on any atom is -0.441 e. The number of hydrogen-bond donors (Lipinski definition) is 0. The molecule has 0 atom stereocenters. The maximum absolute atomic E-state index is 13.2. The number of rotatable bonds is 2. The van der Waals surface area contributed by atoms with Gasteiger partial charge < -0.3 is 14.5 Å². The number of nitriles is 2. The molecule has 7 rings (SSSR count). The molecule has 2 saturated heterocycles. The predicted octanol–water partition coefficient (Wildman–Crippen LogP) is 3.20. The largest absolute Gasteiger partial charge is 0.441 e. The van der Waals surface area contributed by atoms with Crippen molar-refractivity contribution in [2.24, 2.45) is 11.8 Å². The Morgan fingerprint density at radius 2 is 1.32 bits per heavy atom. The normalized spacial score (nSPS) is 20.6. The number of hydrogen-bond acceptors (Lipinski definition) is 6. The van der Waals surface area contributed by atoms with E-state index in [9.17, 15) is 15.3 Å². The van der Waals surface area contributed by atoms with Crippen molar-refractivity contribution in [3.05, 3.63) is 82.9 Å². The van der Waals surface area contributed by atoms with E-state index >= 15 is 0 Å². The third-order valence-corrected chi connectivity index (χ3v) is 12.3. The molecule has 4 aliphatic rings. The molecule has 4 aliphatic heterocycles. The fourth-order valence-electron chi connectivity index (χ4n) is 6.56. The lowest BCUT2D eigenvalue weighted by Crippen LogP contribution is -2.63. The molecule has 7 heteroatoms. The van der Waals surface area contributed by atoms with Gasteiger partial charge in [-0.25, -0.2) is 4.79 Å². The van der Waals surface area contributed by atoms with Crippen LogP contribution in [0, 0.1) is 34.5 Å². The lowest BCUT2D eigenvalue weighted by molar-refractivity contribution is 0.0255. The van der Waals surface area contributed by atoms with Crippen LogP contribution in [0.4, 0.5) is 11.4 Å². The Morgan fingerprint density at radius 3 is 1.84 bits per heavy atom. The lowest BCUT2D eigenvalue weighted by atomic mass is 9.79. The number of fused-ring (bicyclic) bond motifs is 6. The van der Waals surface area contributed by atoms with Gasteiger partial charge in [-0.2, -0.15) is 10.5 Å². The van der Waals surface area contributed by atoms with E-state index in [4.69, 9.17) is 4.74 Å². The van der Waals surface area contributed by atoms with E-state index in [2.05, 4.69) is 71.4 Å². The zero-order valence-electron chi connectivity index (χ0n) is 20.9. The highest BCUT2D eigenvalue weighted by atomic mass is 28.3. The smallest absolute Gasteiger partial charge is 0.340 e. The first kappa shape index (κ1) is 22.1. The standard InChI is InChI=1S/C30H26N4O2Si/c1-37(2)27-11-21(33-15-19(13-31)16-33)7-9-25(27)30(24-6-4-3-5-23(24)29(35)36-30)26-10-8-22(12-28(26)37)34-17-20(14-32)18-34/h3-12,19-20H,15-18H2,1-2H3. The summed E-state index contributed by atoms with van der Waals surface area (Å²) in [5.41, 5.74) is 4.89. The quantitative estimate of drug-likeness (QED) is 0.396. The molecule has 6 nitrogen and oxygen atoms in total. The molecule has 0 N–H and O–H groups in total. The van der Waals surface area contributed by atoms with Crippen molar-refractivity contribution >= 4 is 35.8 Å². The zero-order valence-corrected chi connectivity index (χ0v) is 21.9. The minimum absolute atomic E-state index is 0.0762. The summed E-state index contributed by atoms with van der Waals surface area (Å²) in [6.45, 7) is 7.73. The second-order valence-corrected chi connectivity index (χ2v) is 15.5. The number of benzene rings is 3. The summed E-state index contributed by atoms with van der Waals surface area (Å²) in [5, 5.41) is 21.1. The summed E-state index contributed by atoms with van der Waals surface area (Å²) in [5.74, 6) is -0.138. The third kappa shape index (κ3) is 2.86. The molecule has 0 radical (unpaired) electrons. The Labute approximate surface area is 217 Å². The number of ether oxygens (including phenoxy) is 1. The van der Waals surface area contributed by atoms with Crippen molar-refractivity contribution in [1.29, 1.82) is 10.5 Å². The van der Waals surface area contributed by atoms with Gasteiger partial charge in [-0.1, -0.05) is 43.4 Å². The zero-order chi connectivity index (χ0) is 25.5. The van der Waals surface area contributed by atoms with Gasteiger partial charge in [0.2, 0.25) is 0 Å². The van der Waals surface area contributed by atoms with E-state index in [0.717, 1.165) is 54.2 Å². The van der Waals surface area contributed by atoms with Gasteiger partial charge >= 0.3 is 5.97 Å². The molecule has 182 valence electrons. The van der Waals surface area contributed by atoms with Crippen LogP contribution in [0.3, 0.4) is 0 Å². The van der Waals surface area contributed by atoms with Gasteiger partial charge in [0, 0.05) is 54.2 Å². The third-order valence-electron chi connectivity index (χ3n) is 8.74. The maximum atomic E-state index is 13.2. The first-order valence-electron chi connectivity index (χ1n) is 12.8. The monoisotopic (exact) mass is 502 g/mol. The van der Waals surface area contributed by atoms with Crippen LogP contribution in [-0.2, 0) is 10.3 Å². The predicted molar refractivity (Wildman–Crippen MR) is 144 cm³/mol. The summed E-state index contributed by atoms with van der Waals surface area (Å²) in [7, 11) is -2.23. The molecule has 1 spiro atoms. The van der Waals surface area contributed by atoms with E-state index in [1.807, 2.05) is 24.3 Å². The molecule has 37 heavy (non-hydrogen) atoms. The fourth-order valence-corrected chi connectivity index (χ4v) is 9.73. The summed E-state index contributed by atoms with van der Waals surface area (Å²) >= 11 is 0. The molecule has 3 aromatic carbocycles. The van der Waals surface area contributed by atoms with E-state index < -0.39 is 13.7 Å². The Bertz CT molecular complexity index is 1490. The number of carbonyl (C=O) groups is 1. The van der Waals surface area contributed by atoms with Gasteiger partial charge in [0.05, 0.1) is 29.5 Å². The molecular weight excluding hydrogens is 476 g/mol. The van der Waals surface area contributed by atoms with Gasteiger partial charge in [-0.05, 0) is 40.7 Å². The van der Waals surface area contributed by atoms with E-state index in [1.54, 1.807) is 0 Å². The summed E-state index contributed by atoms with van der Waals surface area (Å²) in [4.78, 5) is 17.7. The van der Waals surface area contributed by atoms with Crippen LogP contribution in [-0.4, -0.2) is 40.2 Å². The van der Waals surface area contributed by atoms with Crippen molar-refractivity contribution in [3.8, 4) is 12.1 Å². The molecule has 0 aromatic heterocycles. The molecule has 2 fully saturated rings. The summed E-state index contributed by atoms with van der Waals surface area (Å²) in [6, 6.07) is 25.6. The molecule has 0 aliphatic carbocycles. The number of carbonyl (C=O) groups excluding carboxylic acids is 1. The van der Waals surface area contributed by atoms with Gasteiger partial charge in [0.1, 0.15) is 8.07 Å². The Balaban J connectivity index is 1.44. The molecule has 0 bridgehead atoms. The van der Waals surface area contributed by atoms with Crippen LogP contribution < -0.4 is 20.2 Å². The SMILES string of the molecule is C[Si]1(C)c2cc(N3CC(C#N)C3)ccc2C2(OC(=O)c3ccccc32)c2ccc(N3CC(C#N)C3)cc21. The van der Waals surface area contributed by atoms with Crippen LogP contribution in [0.25, 0.3) is 0 Å². The van der Waals surface area contributed by atoms with Gasteiger partial charge in [-0.15, -0.1) is 0 Å². The van der Waals surface area contributed by atoms with Crippen LogP contribution in [0.2, 0.25) is 13.1 Å². The second-order valence-electron chi connectivity index (χ2n) is 11.2. The van der Waals surface area contributed by atoms with E-state index in [1.165, 1.54) is 10.4 Å². The highest BCUT2D eigenvalue weighted by molar-refractivity contribution is 7.01. The average Bonchev–Trinajstić information content (AvgIpc) is 3.15. The van der Waals surface area contributed by atoms with Crippen LogP contribution in [0.15, 0.2) is 60.7 Å². The first-order valence-corrected chi connectivity index (χ1v) is 15.8. The van der Waals surface area contributed by atoms with Crippen molar-refractivity contribution in [3.63, 3.8) is 0 Å². The Kier molecular flexibility index (Phi) is 4.47. The van der Waals surface area contributed by atoms with Crippen molar-refractivity contribution in [2.45, 2.75) is 18.7 Å². The number of esters is 1. The highest BCUT2D eigenvalue weighted by Gasteiger charge is 2.56. The molecule has 3 aromatic rings. The fraction of sp³-hybridized carbons (Fsp3) is 0.300. The first-order chi connectivity index (χ1) is 17.9. The second kappa shape index (κ2) is 7.47. The molecule has 0 amide bonds. The van der Waals surface area contributed by atoms with E-state index in [0.29, 0.717) is 5.56 Å². The van der Waals surface area contributed by atoms with Gasteiger partial charge in [0.25, 0.3) is 0 Å². The van der Waals surface area contributed by atoms with E-state index in [-0.39, 0.29) is 17.8 Å². The van der Waals surface area contributed by atoms with Gasteiger partial charge in [0.15, 0.2) is 5.60 Å². The Hall–Kier alpha value is -4.07. The maximum Gasteiger partial charge on any atom is 0.340 e. The number of nitrogens with zero attached hydrogens (tertiary/aromatic N) is 4. The minimum atomic E-state index is -2.23. The van der Waals surface area contributed by atoms with Crippen molar-refractivity contribution in [1.82, 2.24) is 0 Å². The number of anilines is 2. The topological polar surface area (TPSA) is 80.4 Å². The van der Waals surface area contributed by atoms with Gasteiger partial charge in [-0.3, -0.25) is 0 Å². The van der Waals surface area contributed by atoms with Crippen LogP contribution in [0.5, 0.6) is 0 Å². The molecule has 4 heterocycles. The van der Waals surface area contributed by atoms with Crippen LogP contribution in [0.1, 0.15) is 27.0 Å².